The minimum absolute atomic E-state index is 0.295. The molecule has 0 N–H and O–H groups in total. The third-order valence-electron chi connectivity index (χ3n) is 1.44. The Morgan fingerprint density at radius 2 is 2.50 bits per heavy atom. The van der Waals surface area contributed by atoms with Crippen LogP contribution in [-0.2, 0) is 0 Å². The maximum atomic E-state index is 10.7. The number of pyridine rings is 1. The molecule has 0 saturated carbocycles. The Morgan fingerprint density at radius 3 is 3.00 bits per heavy atom. The van der Waals surface area contributed by atoms with E-state index in [4.69, 9.17) is 0 Å². The summed E-state index contributed by atoms with van der Waals surface area (Å²) in [7, 11) is 0. The number of hydrogen-bond donors (Lipinski definition) is 0. The molecule has 1 aromatic rings. The Hall–Kier alpha value is -1.38. The van der Waals surface area contributed by atoms with Crippen LogP contribution in [0.3, 0.4) is 0 Å². The highest BCUT2D eigenvalue weighted by molar-refractivity contribution is 6.01. The van der Waals surface area contributed by atoms with Crippen LogP contribution >= 0.6 is 0 Å². The lowest BCUT2D eigenvalue weighted by atomic mass is 10.1. The minimum Gasteiger partial charge on any atom is -0.421 e. The number of hydrogen-bond acceptors (Lipinski definition) is 3. The SMILES string of the molecule is Cc1nc[c]c2c1C(=O)O2. The summed E-state index contributed by atoms with van der Waals surface area (Å²) in [5, 5.41) is 0. The van der Waals surface area contributed by atoms with E-state index >= 15 is 0 Å². The van der Waals surface area contributed by atoms with Crippen molar-refractivity contribution in [2.24, 2.45) is 0 Å². The van der Waals surface area contributed by atoms with Gasteiger partial charge in [0.25, 0.3) is 0 Å². The first-order valence-corrected chi connectivity index (χ1v) is 2.88. The molecular weight excluding hydrogens is 130 g/mol. The van der Waals surface area contributed by atoms with Gasteiger partial charge in [0.15, 0.2) is 5.75 Å². The van der Waals surface area contributed by atoms with Crippen molar-refractivity contribution in [2.45, 2.75) is 6.92 Å². The average molecular weight is 134 g/mol. The molecule has 0 spiro atoms. The average Bonchev–Trinajstić information content (AvgIpc) is 1.85. The van der Waals surface area contributed by atoms with E-state index in [1.807, 2.05) is 0 Å². The molecule has 1 aromatic heterocycles. The van der Waals surface area contributed by atoms with E-state index in [-0.39, 0.29) is 5.97 Å². The molecule has 2 rings (SSSR count). The lowest BCUT2D eigenvalue weighted by Gasteiger charge is -2.17. The van der Waals surface area contributed by atoms with Crippen LogP contribution in [0.5, 0.6) is 5.75 Å². The lowest BCUT2D eigenvalue weighted by Crippen LogP contribution is -2.22. The molecule has 1 radical (unpaired) electrons. The zero-order valence-corrected chi connectivity index (χ0v) is 5.34. The van der Waals surface area contributed by atoms with Crippen LogP contribution in [0.25, 0.3) is 0 Å². The van der Waals surface area contributed by atoms with Gasteiger partial charge in [-0.15, -0.1) is 0 Å². The Kier molecular flexibility index (Phi) is 0.845. The first-order valence-electron chi connectivity index (χ1n) is 2.88. The monoisotopic (exact) mass is 134 g/mol. The topological polar surface area (TPSA) is 39.2 Å². The fourth-order valence-electron chi connectivity index (χ4n) is 0.907. The highest BCUT2D eigenvalue weighted by Crippen LogP contribution is 2.28. The molecule has 0 saturated heterocycles. The van der Waals surface area contributed by atoms with E-state index in [9.17, 15) is 4.79 Å². The third kappa shape index (κ3) is 0.492. The zero-order valence-electron chi connectivity index (χ0n) is 5.34. The van der Waals surface area contributed by atoms with Crippen molar-refractivity contribution in [1.29, 1.82) is 0 Å². The van der Waals surface area contributed by atoms with Crippen LogP contribution in [0.2, 0.25) is 0 Å². The third-order valence-corrected chi connectivity index (χ3v) is 1.44. The van der Waals surface area contributed by atoms with Crippen LogP contribution < -0.4 is 4.74 Å². The molecule has 0 unspecified atom stereocenters. The van der Waals surface area contributed by atoms with Gasteiger partial charge in [0.05, 0.1) is 5.69 Å². The standard InChI is InChI=1S/C7H4NO2/c1-4-6-5(2-3-8-4)10-7(6)9/h3H,1H3. The van der Waals surface area contributed by atoms with Gasteiger partial charge in [-0.25, -0.2) is 4.79 Å². The Balaban J connectivity index is 2.68. The number of nitrogens with zero attached hydrogens (tertiary/aromatic N) is 1. The molecule has 3 heteroatoms. The molecule has 0 amide bonds. The molecule has 0 aliphatic carbocycles. The first-order chi connectivity index (χ1) is 4.79. The maximum absolute atomic E-state index is 10.7. The van der Waals surface area contributed by atoms with Gasteiger partial charge in [0.1, 0.15) is 5.56 Å². The Morgan fingerprint density at radius 1 is 1.70 bits per heavy atom. The second kappa shape index (κ2) is 1.56. The Labute approximate surface area is 57.7 Å². The number of carbonyl (C=O) groups excluding carboxylic acids is 1. The van der Waals surface area contributed by atoms with E-state index in [1.165, 1.54) is 6.20 Å². The highest BCUT2D eigenvalue weighted by atomic mass is 16.6. The fraction of sp³-hybridized carbons (Fsp3) is 0.143. The second-order valence-corrected chi connectivity index (χ2v) is 2.08. The van der Waals surface area contributed by atoms with E-state index in [0.29, 0.717) is 17.0 Å². The lowest BCUT2D eigenvalue weighted by molar-refractivity contribution is 0.0655. The molecule has 1 aliphatic rings. The van der Waals surface area contributed by atoms with Gasteiger partial charge in [-0.05, 0) is 6.92 Å². The predicted molar refractivity (Wildman–Crippen MR) is 32.8 cm³/mol. The van der Waals surface area contributed by atoms with Gasteiger partial charge >= 0.3 is 5.97 Å². The van der Waals surface area contributed by atoms with Crippen LogP contribution in [-0.4, -0.2) is 11.0 Å². The quantitative estimate of drug-likeness (QED) is 0.491. The summed E-state index contributed by atoms with van der Waals surface area (Å²) in [4.78, 5) is 14.5. The molecule has 10 heavy (non-hydrogen) atoms. The van der Waals surface area contributed by atoms with E-state index in [0.717, 1.165) is 0 Å². The molecule has 0 atom stereocenters. The largest absolute Gasteiger partial charge is 0.421 e. The number of esters is 1. The van der Waals surface area contributed by atoms with Crippen molar-refractivity contribution in [3.63, 3.8) is 0 Å². The first kappa shape index (κ1) is 5.41. The van der Waals surface area contributed by atoms with Crippen LogP contribution in [0.1, 0.15) is 16.1 Å². The van der Waals surface area contributed by atoms with E-state index in [2.05, 4.69) is 15.8 Å². The van der Waals surface area contributed by atoms with Crippen LogP contribution in [0.4, 0.5) is 0 Å². The molecule has 0 fully saturated rings. The molecule has 3 nitrogen and oxygen atoms in total. The fourth-order valence-corrected chi connectivity index (χ4v) is 0.907. The molecule has 0 aromatic carbocycles. The number of carbonyl (C=O) groups is 1. The highest BCUT2D eigenvalue weighted by Gasteiger charge is 2.28. The number of rotatable bonds is 0. The van der Waals surface area contributed by atoms with Crippen molar-refractivity contribution in [2.75, 3.05) is 0 Å². The normalized spacial score (nSPS) is 13.5. The summed E-state index contributed by atoms with van der Waals surface area (Å²) in [6, 6.07) is 2.70. The van der Waals surface area contributed by atoms with Crippen molar-refractivity contribution in [3.05, 3.63) is 23.5 Å². The van der Waals surface area contributed by atoms with Gasteiger partial charge in [-0.3, -0.25) is 4.98 Å². The van der Waals surface area contributed by atoms with Gasteiger partial charge in [-0.1, -0.05) is 0 Å². The molecule has 1 aliphatic heterocycles. The number of ether oxygens (including phenoxy) is 1. The molecule has 49 valence electrons. The summed E-state index contributed by atoms with van der Waals surface area (Å²) in [5.74, 6) is 0.231. The van der Waals surface area contributed by atoms with Crippen molar-refractivity contribution in [1.82, 2.24) is 4.98 Å². The smallest absolute Gasteiger partial charge is 0.349 e. The molecular formula is C7H4NO2. The summed E-state index contributed by atoms with van der Waals surface area (Å²) in [5.41, 5.74) is 1.28. The Bertz CT molecular complexity index is 292. The number of aromatic nitrogens is 1. The van der Waals surface area contributed by atoms with Gasteiger partial charge in [-0.2, -0.15) is 0 Å². The molecule has 2 heterocycles. The van der Waals surface area contributed by atoms with E-state index in [1.54, 1.807) is 6.92 Å². The predicted octanol–water partition coefficient (Wildman–Crippen LogP) is 0.723. The van der Waals surface area contributed by atoms with Gasteiger partial charge < -0.3 is 4.74 Å². The summed E-state index contributed by atoms with van der Waals surface area (Å²) >= 11 is 0. The van der Waals surface area contributed by atoms with Crippen molar-refractivity contribution < 1.29 is 9.53 Å². The maximum Gasteiger partial charge on any atom is 0.349 e. The zero-order chi connectivity index (χ0) is 7.14. The summed E-state index contributed by atoms with van der Waals surface area (Å²) in [6.07, 6.45) is 1.50. The second-order valence-electron chi connectivity index (χ2n) is 2.08. The van der Waals surface area contributed by atoms with E-state index < -0.39 is 0 Å². The van der Waals surface area contributed by atoms with Crippen LogP contribution in [0.15, 0.2) is 6.20 Å². The van der Waals surface area contributed by atoms with Crippen LogP contribution in [0, 0.1) is 13.0 Å². The number of fused-ring (bicyclic) bond motifs is 1. The number of aryl methyl sites for hydroxylation is 1. The molecule has 0 bridgehead atoms. The van der Waals surface area contributed by atoms with Crippen molar-refractivity contribution in [3.8, 4) is 5.75 Å². The summed E-state index contributed by atoms with van der Waals surface area (Å²) < 4.78 is 4.63. The van der Waals surface area contributed by atoms with Crippen molar-refractivity contribution >= 4 is 5.97 Å². The summed E-state index contributed by atoms with van der Waals surface area (Å²) in [6.45, 7) is 1.77. The van der Waals surface area contributed by atoms with Gasteiger partial charge in [0.2, 0.25) is 0 Å². The van der Waals surface area contributed by atoms with Gasteiger partial charge in [0, 0.05) is 12.3 Å². The minimum atomic E-state index is -0.295.